The summed E-state index contributed by atoms with van der Waals surface area (Å²) in [6.07, 6.45) is 2.83. The predicted molar refractivity (Wildman–Crippen MR) is 134 cm³/mol. The van der Waals surface area contributed by atoms with Crippen LogP contribution < -0.4 is 15.4 Å². The summed E-state index contributed by atoms with van der Waals surface area (Å²) in [5, 5.41) is 12.4. The van der Waals surface area contributed by atoms with E-state index in [9.17, 15) is 4.79 Å². The quantitative estimate of drug-likeness (QED) is 0.298. The van der Waals surface area contributed by atoms with Crippen LogP contribution in [0.1, 0.15) is 52.5 Å². The lowest BCUT2D eigenvalue weighted by atomic mass is 10.0. The molecule has 0 spiro atoms. The number of rotatable bonds is 12. The molecule has 2 aromatic heterocycles. The van der Waals surface area contributed by atoms with E-state index in [0.29, 0.717) is 24.8 Å². The van der Waals surface area contributed by atoms with Gasteiger partial charge in [0.05, 0.1) is 18.1 Å². The third kappa shape index (κ3) is 7.08. The maximum atomic E-state index is 12.2. The number of aromatic nitrogens is 4. The van der Waals surface area contributed by atoms with Crippen molar-refractivity contribution in [2.24, 2.45) is 0 Å². The summed E-state index contributed by atoms with van der Waals surface area (Å²) in [5.74, 6) is 2.73. The fourth-order valence-electron chi connectivity index (χ4n) is 3.19. The van der Waals surface area contributed by atoms with E-state index in [1.165, 1.54) is 5.56 Å². The molecule has 0 fully saturated rings. The van der Waals surface area contributed by atoms with Gasteiger partial charge in [-0.3, -0.25) is 4.79 Å². The Bertz CT molecular complexity index is 1050. The highest BCUT2D eigenvalue weighted by Gasteiger charge is 2.14. The minimum Gasteiger partial charge on any atom is -0.484 e. The first-order chi connectivity index (χ1) is 15.9. The molecule has 33 heavy (non-hydrogen) atoms. The number of nitrogens with one attached hydrogen (secondary N) is 2. The van der Waals surface area contributed by atoms with E-state index in [1.54, 1.807) is 18.0 Å². The van der Waals surface area contributed by atoms with Gasteiger partial charge in [0.2, 0.25) is 0 Å². The van der Waals surface area contributed by atoms with Crippen LogP contribution in [0.2, 0.25) is 0 Å². The van der Waals surface area contributed by atoms with Crippen LogP contribution in [0.3, 0.4) is 0 Å². The molecular weight excluding hydrogens is 436 g/mol. The summed E-state index contributed by atoms with van der Waals surface area (Å²) in [6.45, 7) is 11.5. The van der Waals surface area contributed by atoms with Crippen LogP contribution in [0.15, 0.2) is 35.6 Å². The summed E-state index contributed by atoms with van der Waals surface area (Å²) in [7, 11) is 0. The first kappa shape index (κ1) is 24.8. The number of fused-ring (bicyclic) bond motifs is 1. The largest absolute Gasteiger partial charge is 0.484 e. The Morgan fingerprint density at radius 3 is 2.58 bits per heavy atom. The summed E-state index contributed by atoms with van der Waals surface area (Å²) < 4.78 is 7.41. The average molecular weight is 471 g/mol. The fourth-order valence-corrected chi connectivity index (χ4v) is 3.88. The van der Waals surface area contributed by atoms with Gasteiger partial charge in [0, 0.05) is 18.3 Å². The molecule has 0 unspecified atom stereocenters. The zero-order valence-electron chi connectivity index (χ0n) is 20.1. The number of amides is 1. The summed E-state index contributed by atoms with van der Waals surface area (Å²) in [4.78, 5) is 21.6. The minimum absolute atomic E-state index is 0.0245. The Hall–Kier alpha value is -2.81. The average Bonchev–Trinajstić information content (AvgIpc) is 3.19. The van der Waals surface area contributed by atoms with Crippen molar-refractivity contribution in [2.45, 2.75) is 64.7 Å². The molecule has 0 bridgehead atoms. The number of ether oxygens (including phenoxy) is 1. The summed E-state index contributed by atoms with van der Waals surface area (Å²) >= 11 is 1.63. The highest BCUT2D eigenvalue weighted by molar-refractivity contribution is 7.99. The molecule has 0 aliphatic carbocycles. The molecule has 0 saturated heterocycles. The maximum Gasteiger partial charge on any atom is 0.258 e. The number of carbonyl (C=O) groups is 1. The fraction of sp³-hybridized carbons (Fsp3) is 0.500. The van der Waals surface area contributed by atoms with Gasteiger partial charge in [-0.25, -0.2) is 14.6 Å². The number of hydrogen-bond donors (Lipinski definition) is 2. The van der Waals surface area contributed by atoms with E-state index in [-0.39, 0.29) is 18.6 Å². The van der Waals surface area contributed by atoms with Crippen LogP contribution in [0, 0.1) is 0 Å². The molecule has 1 amide bonds. The molecule has 0 saturated carbocycles. The standard InChI is InChI=1S/C24H34N6O2S/c1-6-13-33-24-28-22(27-17(4)5)20-14-26-30(23(20)29-24)12-11-25-21(31)15-32-19-9-7-18(8-10-19)16(2)3/h7-10,14,16-17H,6,11-13,15H2,1-5H3,(H,25,31)(H,27,28,29). The molecule has 9 heteroatoms. The highest BCUT2D eigenvalue weighted by atomic mass is 32.2. The van der Waals surface area contributed by atoms with E-state index < -0.39 is 0 Å². The number of hydrogen-bond acceptors (Lipinski definition) is 7. The first-order valence-electron chi connectivity index (χ1n) is 11.5. The van der Waals surface area contributed by atoms with Gasteiger partial charge in [0.1, 0.15) is 11.6 Å². The van der Waals surface area contributed by atoms with Crippen LogP contribution in [0.5, 0.6) is 5.75 Å². The van der Waals surface area contributed by atoms with Gasteiger partial charge in [-0.2, -0.15) is 5.10 Å². The lowest BCUT2D eigenvalue weighted by Crippen LogP contribution is -2.31. The zero-order valence-corrected chi connectivity index (χ0v) is 20.9. The molecular formula is C24H34N6O2S. The second-order valence-corrected chi connectivity index (χ2v) is 9.53. The summed E-state index contributed by atoms with van der Waals surface area (Å²) in [6, 6.07) is 8.09. The van der Waals surface area contributed by atoms with Gasteiger partial charge in [0.25, 0.3) is 5.91 Å². The Labute approximate surface area is 199 Å². The normalized spacial score (nSPS) is 11.4. The maximum absolute atomic E-state index is 12.2. The van der Waals surface area contributed by atoms with Gasteiger partial charge in [-0.15, -0.1) is 0 Å². The second-order valence-electron chi connectivity index (χ2n) is 8.47. The number of anilines is 1. The van der Waals surface area contributed by atoms with Crippen LogP contribution >= 0.6 is 11.8 Å². The van der Waals surface area contributed by atoms with Crippen LogP contribution in [-0.2, 0) is 11.3 Å². The van der Waals surface area contributed by atoms with Crippen molar-refractivity contribution in [3.63, 3.8) is 0 Å². The Balaban J connectivity index is 1.58. The minimum atomic E-state index is -0.171. The zero-order chi connectivity index (χ0) is 23.8. The van der Waals surface area contributed by atoms with Gasteiger partial charge >= 0.3 is 0 Å². The van der Waals surface area contributed by atoms with E-state index in [1.807, 2.05) is 28.9 Å². The van der Waals surface area contributed by atoms with Crippen LogP contribution in [0.4, 0.5) is 5.82 Å². The van der Waals surface area contributed by atoms with Crippen molar-refractivity contribution in [2.75, 3.05) is 24.2 Å². The highest BCUT2D eigenvalue weighted by Crippen LogP contribution is 2.25. The third-order valence-electron chi connectivity index (χ3n) is 4.90. The smallest absolute Gasteiger partial charge is 0.258 e. The van der Waals surface area contributed by atoms with Crippen LogP contribution in [-0.4, -0.2) is 50.6 Å². The Morgan fingerprint density at radius 2 is 1.91 bits per heavy atom. The molecule has 0 aliphatic heterocycles. The molecule has 178 valence electrons. The van der Waals surface area contributed by atoms with Gasteiger partial charge in [0.15, 0.2) is 17.4 Å². The van der Waals surface area contributed by atoms with Crippen molar-refractivity contribution in [3.8, 4) is 5.75 Å². The monoisotopic (exact) mass is 470 g/mol. The number of nitrogens with zero attached hydrogens (tertiary/aromatic N) is 4. The molecule has 0 radical (unpaired) electrons. The third-order valence-corrected chi connectivity index (χ3v) is 5.95. The van der Waals surface area contributed by atoms with Gasteiger partial charge in [-0.05, 0) is 43.9 Å². The Morgan fingerprint density at radius 1 is 1.15 bits per heavy atom. The molecule has 0 atom stereocenters. The van der Waals surface area contributed by atoms with Crippen molar-refractivity contribution in [1.29, 1.82) is 0 Å². The van der Waals surface area contributed by atoms with Crippen LogP contribution in [0.25, 0.3) is 11.0 Å². The first-order valence-corrected chi connectivity index (χ1v) is 12.5. The van der Waals surface area contributed by atoms with Crippen molar-refractivity contribution in [3.05, 3.63) is 36.0 Å². The molecule has 3 rings (SSSR count). The molecule has 1 aromatic carbocycles. The topological polar surface area (TPSA) is 94.0 Å². The SMILES string of the molecule is CCCSc1nc(NC(C)C)c2cnn(CCNC(=O)COc3ccc(C(C)C)cc3)c2n1. The van der Waals surface area contributed by atoms with E-state index in [4.69, 9.17) is 9.72 Å². The summed E-state index contributed by atoms with van der Waals surface area (Å²) in [5.41, 5.74) is 2.01. The number of thioether (sulfide) groups is 1. The molecule has 2 N–H and O–H groups in total. The predicted octanol–water partition coefficient (Wildman–Crippen LogP) is 4.47. The number of carbonyl (C=O) groups excluding carboxylic acids is 1. The molecule has 2 heterocycles. The number of benzene rings is 1. The van der Waals surface area contributed by atoms with Crippen molar-refractivity contribution in [1.82, 2.24) is 25.1 Å². The van der Waals surface area contributed by atoms with Crippen molar-refractivity contribution >= 4 is 34.5 Å². The lowest BCUT2D eigenvalue weighted by Gasteiger charge is -2.12. The van der Waals surface area contributed by atoms with Gasteiger partial charge < -0.3 is 15.4 Å². The van der Waals surface area contributed by atoms with E-state index in [2.05, 4.69) is 55.3 Å². The van der Waals surface area contributed by atoms with E-state index >= 15 is 0 Å². The second kappa shape index (κ2) is 11.9. The Kier molecular flexibility index (Phi) is 8.94. The molecule has 8 nitrogen and oxygen atoms in total. The van der Waals surface area contributed by atoms with Crippen molar-refractivity contribution < 1.29 is 9.53 Å². The van der Waals surface area contributed by atoms with Gasteiger partial charge in [-0.1, -0.05) is 44.7 Å². The van der Waals surface area contributed by atoms with E-state index in [0.717, 1.165) is 34.2 Å². The lowest BCUT2D eigenvalue weighted by molar-refractivity contribution is -0.123. The molecule has 3 aromatic rings. The molecule has 0 aliphatic rings.